The maximum absolute atomic E-state index is 12.6. The fraction of sp³-hybridized carbons (Fsp3) is 0.227. The number of nitrogens with one attached hydrogen (secondary N) is 1. The summed E-state index contributed by atoms with van der Waals surface area (Å²) in [5.74, 6) is 0.695. The van der Waals surface area contributed by atoms with E-state index in [0.717, 1.165) is 0 Å². The zero-order valence-electron chi connectivity index (χ0n) is 17.0. The van der Waals surface area contributed by atoms with Crippen LogP contribution in [0, 0.1) is 11.3 Å². The summed E-state index contributed by atoms with van der Waals surface area (Å²) in [6, 6.07) is 13.2. The Balaban J connectivity index is 1.51. The van der Waals surface area contributed by atoms with E-state index >= 15 is 0 Å². The van der Waals surface area contributed by atoms with Crippen molar-refractivity contribution in [3.8, 4) is 34.6 Å². The molecular formula is C22H19F2N3O4S. The minimum Gasteiger partial charge on any atom is -0.493 e. The summed E-state index contributed by atoms with van der Waals surface area (Å²) >= 11 is 1.18. The van der Waals surface area contributed by atoms with E-state index in [1.807, 2.05) is 6.07 Å². The Kier molecular flexibility index (Phi) is 7.94. The van der Waals surface area contributed by atoms with Crippen molar-refractivity contribution in [2.75, 3.05) is 19.0 Å². The molecule has 1 amide bonds. The lowest BCUT2D eigenvalue weighted by Gasteiger charge is -2.10. The van der Waals surface area contributed by atoms with Gasteiger partial charge < -0.3 is 19.5 Å². The molecule has 1 N–H and O–H groups in total. The summed E-state index contributed by atoms with van der Waals surface area (Å²) in [6.45, 7) is -2.67. The molecule has 0 radical (unpaired) electrons. The second-order valence-corrected chi connectivity index (χ2v) is 7.25. The number of amides is 1. The SMILES string of the molecule is COc1cc(C#N)ccc1OCCCC(=O)Nc1nc(-c2ccccc2OC(F)F)cs1. The van der Waals surface area contributed by atoms with Crippen molar-refractivity contribution < 1.29 is 27.8 Å². The summed E-state index contributed by atoms with van der Waals surface area (Å²) < 4.78 is 40.6. The van der Waals surface area contributed by atoms with E-state index in [4.69, 9.17) is 14.7 Å². The van der Waals surface area contributed by atoms with Gasteiger partial charge in [-0.1, -0.05) is 12.1 Å². The molecule has 0 bridgehead atoms. The minimum absolute atomic E-state index is 0.0149. The van der Waals surface area contributed by atoms with Gasteiger partial charge in [0.2, 0.25) is 5.91 Å². The van der Waals surface area contributed by atoms with Crippen LogP contribution in [0.3, 0.4) is 0 Å². The molecule has 0 spiro atoms. The number of hydrogen-bond acceptors (Lipinski definition) is 7. The molecule has 0 aliphatic heterocycles. The normalized spacial score (nSPS) is 10.5. The first-order valence-corrected chi connectivity index (χ1v) is 10.4. The molecule has 3 rings (SSSR count). The van der Waals surface area contributed by atoms with E-state index in [1.54, 1.807) is 41.8 Å². The van der Waals surface area contributed by atoms with Crippen molar-refractivity contribution in [2.24, 2.45) is 0 Å². The lowest BCUT2D eigenvalue weighted by atomic mass is 10.1. The molecule has 0 aliphatic rings. The first-order valence-electron chi connectivity index (χ1n) is 9.50. The highest BCUT2D eigenvalue weighted by atomic mass is 32.1. The number of halogens is 2. The van der Waals surface area contributed by atoms with Crippen molar-refractivity contribution in [1.29, 1.82) is 5.26 Å². The number of hydrogen-bond donors (Lipinski definition) is 1. The summed E-state index contributed by atoms with van der Waals surface area (Å²) in [5, 5.41) is 13.6. The predicted octanol–water partition coefficient (Wildman–Crippen LogP) is 5.09. The van der Waals surface area contributed by atoms with Crippen molar-refractivity contribution >= 4 is 22.4 Å². The highest BCUT2D eigenvalue weighted by Crippen LogP contribution is 2.33. The van der Waals surface area contributed by atoms with Gasteiger partial charge in [-0.05, 0) is 30.7 Å². The molecule has 1 aromatic heterocycles. The maximum atomic E-state index is 12.6. The molecule has 166 valence electrons. The van der Waals surface area contributed by atoms with E-state index in [0.29, 0.717) is 39.9 Å². The van der Waals surface area contributed by atoms with Crippen LogP contribution in [0.5, 0.6) is 17.2 Å². The molecular weight excluding hydrogens is 440 g/mol. The number of anilines is 1. The number of thiazole rings is 1. The van der Waals surface area contributed by atoms with Crippen LogP contribution in [0.4, 0.5) is 13.9 Å². The van der Waals surface area contributed by atoms with Crippen LogP contribution in [0.15, 0.2) is 47.8 Å². The van der Waals surface area contributed by atoms with E-state index < -0.39 is 6.61 Å². The van der Waals surface area contributed by atoms with Gasteiger partial charge in [0.1, 0.15) is 5.75 Å². The number of carbonyl (C=O) groups excluding carboxylic acids is 1. The van der Waals surface area contributed by atoms with Crippen molar-refractivity contribution in [3.05, 3.63) is 53.4 Å². The van der Waals surface area contributed by atoms with Gasteiger partial charge in [0.15, 0.2) is 16.6 Å². The van der Waals surface area contributed by atoms with Gasteiger partial charge in [0.05, 0.1) is 31.0 Å². The molecule has 32 heavy (non-hydrogen) atoms. The molecule has 0 unspecified atom stereocenters. The van der Waals surface area contributed by atoms with Crippen LogP contribution in [-0.4, -0.2) is 31.2 Å². The fourth-order valence-corrected chi connectivity index (χ4v) is 3.51. The molecule has 0 saturated carbocycles. The number of nitrogens with zero attached hydrogens (tertiary/aromatic N) is 2. The van der Waals surface area contributed by atoms with Gasteiger partial charge in [-0.2, -0.15) is 14.0 Å². The molecule has 0 fully saturated rings. The first-order chi connectivity index (χ1) is 15.5. The van der Waals surface area contributed by atoms with Crippen LogP contribution in [0.2, 0.25) is 0 Å². The smallest absolute Gasteiger partial charge is 0.387 e. The highest BCUT2D eigenvalue weighted by Gasteiger charge is 2.14. The largest absolute Gasteiger partial charge is 0.493 e. The Hall–Kier alpha value is -3.71. The Morgan fingerprint density at radius 2 is 2.03 bits per heavy atom. The number of nitriles is 1. The molecule has 0 atom stereocenters. The summed E-state index contributed by atoms with van der Waals surface area (Å²) in [5.41, 5.74) is 1.30. The van der Waals surface area contributed by atoms with Gasteiger partial charge >= 0.3 is 6.61 Å². The minimum atomic E-state index is -2.94. The van der Waals surface area contributed by atoms with Crippen LogP contribution in [0.1, 0.15) is 18.4 Å². The van der Waals surface area contributed by atoms with Gasteiger partial charge in [0, 0.05) is 23.4 Å². The van der Waals surface area contributed by atoms with Gasteiger partial charge in [-0.25, -0.2) is 4.98 Å². The zero-order valence-corrected chi connectivity index (χ0v) is 17.8. The Morgan fingerprint density at radius 3 is 2.78 bits per heavy atom. The Labute approximate surface area is 187 Å². The number of para-hydroxylation sites is 1. The zero-order chi connectivity index (χ0) is 22.9. The fourth-order valence-electron chi connectivity index (χ4n) is 2.78. The quantitative estimate of drug-likeness (QED) is 0.425. The monoisotopic (exact) mass is 459 g/mol. The number of ether oxygens (including phenoxy) is 3. The average Bonchev–Trinajstić information content (AvgIpc) is 3.24. The average molecular weight is 459 g/mol. The number of methoxy groups -OCH3 is 1. The summed E-state index contributed by atoms with van der Waals surface area (Å²) in [7, 11) is 1.48. The van der Waals surface area contributed by atoms with Crippen LogP contribution in [-0.2, 0) is 4.79 Å². The predicted molar refractivity (Wildman–Crippen MR) is 115 cm³/mol. The second-order valence-electron chi connectivity index (χ2n) is 6.39. The van der Waals surface area contributed by atoms with Crippen molar-refractivity contribution in [1.82, 2.24) is 4.98 Å². The van der Waals surface area contributed by atoms with Crippen LogP contribution >= 0.6 is 11.3 Å². The van der Waals surface area contributed by atoms with Gasteiger partial charge in [-0.3, -0.25) is 4.79 Å². The Morgan fingerprint density at radius 1 is 1.22 bits per heavy atom. The first kappa shape index (κ1) is 23.0. The number of alkyl halides is 2. The maximum Gasteiger partial charge on any atom is 0.387 e. The van der Waals surface area contributed by atoms with Crippen molar-refractivity contribution in [3.63, 3.8) is 0 Å². The molecule has 2 aromatic carbocycles. The number of rotatable bonds is 10. The third kappa shape index (κ3) is 6.15. The number of benzene rings is 2. The van der Waals surface area contributed by atoms with E-state index in [1.165, 1.54) is 24.5 Å². The standard InChI is InChI=1S/C22H19F2N3O4S/c1-29-19-11-14(12-25)8-9-18(19)30-10-4-7-20(28)27-22-26-16(13-32-22)15-5-2-3-6-17(15)31-21(23)24/h2-3,5-6,8-9,11,13,21H,4,7,10H2,1H3,(H,26,27,28). The summed E-state index contributed by atoms with van der Waals surface area (Å²) in [6.07, 6.45) is 0.636. The number of aromatic nitrogens is 1. The van der Waals surface area contributed by atoms with E-state index in [-0.39, 0.29) is 24.7 Å². The van der Waals surface area contributed by atoms with Crippen molar-refractivity contribution in [2.45, 2.75) is 19.5 Å². The lowest BCUT2D eigenvalue weighted by molar-refractivity contribution is -0.116. The van der Waals surface area contributed by atoms with Gasteiger partial charge in [-0.15, -0.1) is 11.3 Å². The Bertz CT molecular complexity index is 1110. The van der Waals surface area contributed by atoms with Gasteiger partial charge in [0.25, 0.3) is 0 Å². The molecule has 1 heterocycles. The number of carbonyl (C=O) groups is 1. The lowest BCUT2D eigenvalue weighted by Crippen LogP contribution is -2.12. The van der Waals surface area contributed by atoms with E-state index in [9.17, 15) is 13.6 Å². The molecule has 10 heteroatoms. The molecule has 0 saturated heterocycles. The highest BCUT2D eigenvalue weighted by molar-refractivity contribution is 7.14. The van der Waals surface area contributed by atoms with Crippen LogP contribution in [0.25, 0.3) is 11.3 Å². The third-order valence-corrected chi connectivity index (χ3v) is 4.99. The second kappa shape index (κ2) is 11.1. The summed E-state index contributed by atoms with van der Waals surface area (Å²) in [4.78, 5) is 16.5. The molecule has 7 nitrogen and oxygen atoms in total. The molecule has 3 aromatic rings. The van der Waals surface area contributed by atoms with Crippen LogP contribution < -0.4 is 19.5 Å². The topological polar surface area (TPSA) is 93.5 Å². The van der Waals surface area contributed by atoms with E-state index in [2.05, 4.69) is 15.0 Å². The molecule has 0 aliphatic carbocycles. The third-order valence-electron chi connectivity index (χ3n) is 4.23.